The second-order valence-electron chi connectivity index (χ2n) is 5.76. The Labute approximate surface area is 97.3 Å². The highest BCUT2D eigenvalue weighted by Crippen LogP contribution is 2.45. The minimum Gasteiger partial charge on any atom is -0.396 e. The minimum absolute atomic E-state index is 0.360. The summed E-state index contributed by atoms with van der Waals surface area (Å²) in [7, 11) is -1.18. The first-order valence-corrected chi connectivity index (χ1v) is 8.94. The summed E-state index contributed by atoms with van der Waals surface area (Å²) in [6.07, 6.45) is 2.21. The topological polar surface area (TPSA) is 20.2 Å². The zero-order chi connectivity index (χ0) is 12.1. The van der Waals surface area contributed by atoms with Gasteiger partial charge in [-0.1, -0.05) is 70.6 Å². The summed E-state index contributed by atoms with van der Waals surface area (Å²) in [6, 6.07) is 1.39. The third kappa shape index (κ3) is 3.60. The summed E-state index contributed by atoms with van der Waals surface area (Å²) in [6.45, 7) is 14.8. The lowest BCUT2D eigenvalue weighted by molar-refractivity contribution is 0.286. The molecule has 0 aliphatic carbocycles. The van der Waals surface area contributed by atoms with Gasteiger partial charge in [-0.25, -0.2) is 0 Å². The van der Waals surface area contributed by atoms with E-state index in [1.807, 2.05) is 0 Å². The van der Waals surface area contributed by atoms with Gasteiger partial charge in [0.25, 0.3) is 0 Å². The maximum absolute atomic E-state index is 8.89. The van der Waals surface area contributed by atoms with Gasteiger partial charge in [0.15, 0.2) is 0 Å². The Balaban J connectivity index is 4.65. The van der Waals surface area contributed by atoms with Gasteiger partial charge in [0.2, 0.25) is 0 Å². The van der Waals surface area contributed by atoms with Gasteiger partial charge in [0.1, 0.15) is 0 Å². The monoisotopic (exact) mass is 230 g/mol. The van der Waals surface area contributed by atoms with E-state index in [0.717, 1.165) is 23.0 Å². The highest BCUT2D eigenvalue weighted by molar-refractivity contribution is 6.83. The molecule has 92 valence electrons. The van der Waals surface area contributed by atoms with E-state index in [0.29, 0.717) is 6.61 Å². The quantitative estimate of drug-likeness (QED) is 0.506. The van der Waals surface area contributed by atoms with Crippen LogP contribution in [-0.2, 0) is 0 Å². The fourth-order valence-corrected chi connectivity index (χ4v) is 10.0. The summed E-state index contributed by atoms with van der Waals surface area (Å²) in [5.74, 6) is 0. The predicted molar refractivity (Wildman–Crippen MR) is 72.2 cm³/mol. The zero-order valence-electron chi connectivity index (χ0n) is 11.5. The highest BCUT2D eigenvalue weighted by Gasteiger charge is 2.41. The van der Waals surface area contributed by atoms with Crippen LogP contribution in [0.15, 0.2) is 0 Å². The molecular weight excluding hydrogens is 200 g/mol. The Kier molecular flexibility index (Phi) is 6.77. The maximum atomic E-state index is 8.89. The molecule has 0 radical (unpaired) electrons. The average Bonchev–Trinajstić information content (AvgIpc) is 2.10. The van der Waals surface area contributed by atoms with Crippen LogP contribution >= 0.6 is 0 Å². The number of hydrogen-bond acceptors (Lipinski definition) is 1. The minimum atomic E-state index is -1.18. The molecule has 0 rings (SSSR count). The van der Waals surface area contributed by atoms with Crippen LogP contribution in [0, 0.1) is 0 Å². The molecule has 0 bridgehead atoms. The summed E-state index contributed by atoms with van der Waals surface area (Å²) < 4.78 is 0. The van der Waals surface area contributed by atoms with Crippen LogP contribution in [0.3, 0.4) is 0 Å². The molecule has 15 heavy (non-hydrogen) atoms. The lowest BCUT2D eigenvalue weighted by Crippen LogP contribution is -2.44. The first kappa shape index (κ1) is 15.2. The van der Waals surface area contributed by atoms with E-state index in [2.05, 4.69) is 41.5 Å². The van der Waals surface area contributed by atoms with Gasteiger partial charge in [-0.3, -0.25) is 0 Å². The molecule has 0 unspecified atom stereocenters. The Bertz CT molecular complexity index is 142. The fourth-order valence-electron chi connectivity index (χ4n) is 3.41. The van der Waals surface area contributed by atoms with Crippen molar-refractivity contribution >= 4 is 8.07 Å². The van der Waals surface area contributed by atoms with Crippen LogP contribution in [-0.4, -0.2) is 19.8 Å². The Morgan fingerprint density at radius 3 is 1.47 bits per heavy atom. The lowest BCUT2D eigenvalue weighted by atomic mass is 10.4. The van der Waals surface area contributed by atoms with Crippen molar-refractivity contribution in [2.45, 2.75) is 77.1 Å². The molecule has 1 N–H and O–H groups in total. The van der Waals surface area contributed by atoms with Crippen LogP contribution < -0.4 is 0 Å². The van der Waals surface area contributed by atoms with Crippen molar-refractivity contribution in [3.05, 3.63) is 0 Å². The van der Waals surface area contributed by atoms with Crippen molar-refractivity contribution in [3.8, 4) is 0 Å². The molecule has 0 saturated carbocycles. The summed E-state index contributed by atoms with van der Waals surface area (Å²) >= 11 is 0. The van der Waals surface area contributed by atoms with E-state index in [9.17, 15) is 0 Å². The predicted octanol–water partition coefficient (Wildman–Crippen LogP) is 4.44. The third-order valence-corrected chi connectivity index (χ3v) is 11.9. The fraction of sp³-hybridized carbons (Fsp3) is 1.00. The molecule has 0 aromatic rings. The molecule has 0 aliphatic heterocycles. The van der Waals surface area contributed by atoms with Crippen LogP contribution in [0.25, 0.3) is 0 Å². The van der Waals surface area contributed by atoms with Crippen LogP contribution in [0.5, 0.6) is 0 Å². The first-order chi connectivity index (χ1) is 6.89. The van der Waals surface area contributed by atoms with Gasteiger partial charge in [0, 0.05) is 6.61 Å². The third-order valence-electron chi connectivity index (χ3n) is 4.24. The number of hydrogen-bond donors (Lipinski definition) is 1. The van der Waals surface area contributed by atoms with Crippen molar-refractivity contribution in [2.24, 2.45) is 0 Å². The molecule has 2 heteroatoms. The van der Waals surface area contributed by atoms with E-state index >= 15 is 0 Å². The second kappa shape index (κ2) is 6.69. The van der Waals surface area contributed by atoms with Crippen LogP contribution in [0.4, 0.5) is 0 Å². The van der Waals surface area contributed by atoms with Gasteiger partial charge in [-0.2, -0.15) is 0 Å². The van der Waals surface area contributed by atoms with Crippen molar-refractivity contribution < 1.29 is 5.11 Å². The first-order valence-electron chi connectivity index (χ1n) is 6.50. The normalized spacial score (nSPS) is 13.2. The Hall–Kier alpha value is 0.177. The van der Waals surface area contributed by atoms with Gasteiger partial charge in [-0.15, -0.1) is 0 Å². The maximum Gasteiger partial charge on any atom is 0.0612 e. The van der Waals surface area contributed by atoms with Gasteiger partial charge in [-0.05, 0) is 6.42 Å². The molecule has 0 saturated heterocycles. The Morgan fingerprint density at radius 2 is 1.20 bits per heavy atom. The number of rotatable bonds is 7. The van der Waals surface area contributed by atoms with Gasteiger partial charge < -0.3 is 5.11 Å². The number of aliphatic hydroxyl groups excluding tert-OH is 1. The second-order valence-corrected chi connectivity index (χ2v) is 11.9. The molecular formula is C13H30OSi. The molecule has 0 amide bonds. The van der Waals surface area contributed by atoms with Crippen molar-refractivity contribution in [2.75, 3.05) is 6.61 Å². The molecule has 0 aliphatic rings. The SMILES string of the molecule is CC(C)[Si](CCCCO)(C(C)C)C(C)C. The largest absolute Gasteiger partial charge is 0.396 e. The highest BCUT2D eigenvalue weighted by atomic mass is 28.3. The van der Waals surface area contributed by atoms with E-state index in [1.54, 1.807) is 0 Å². The lowest BCUT2D eigenvalue weighted by Gasteiger charge is -2.43. The number of aliphatic hydroxyl groups is 1. The standard InChI is InChI=1S/C13H30OSi/c1-11(2)15(12(3)4,13(5)6)10-8-7-9-14/h11-14H,7-10H2,1-6H3. The van der Waals surface area contributed by atoms with Crippen molar-refractivity contribution in [1.29, 1.82) is 0 Å². The molecule has 0 atom stereocenters. The molecule has 1 nitrogen and oxygen atoms in total. The molecule has 0 aromatic carbocycles. The number of unbranched alkanes of at least 4 members (excludes halogenated alkanes) is 1. The van der Waals surface area contributed by atoms with Gasteiger partial charge >= 0.3 is 0 Å². The average molecular weight is 230 g/mol. The van der Waals surface area contributed by atoms with Crippen LogP contribution in [0.1, 0.15) is 54.4 Å². The molecule has 0 spiro atoms. The van der Waals surface area contributed by atoms with E-state index in [-0.39, 0.29) is 0 Å². The molecule has 0 aromatic heterocycles. The van der Waals surface area contributed by atoms with E-state index < -0.39 is 8.07 Å². The summed E-state index contributed by atoms with van der Waals surface area (Å²) in [5, 5.41) is 8.89. The van der Waals surface area contributed by atoms with Crippen LogP contribution in [0.2, 0.25) is 22.7 Å². The van der Waals surface area contributed by atoms with Crippen molar-refractivity contribution in [1.82, 2.24) is 0 Å². The Morgan fingerprint density at radius 1 is 0.800 bits per heavy atom. The van der Waals surface area contributed by atoms with E-state index in [4.69, 9.17) is 5.11 Å². The van der Waals surface area contributed by atoms with Crippen molar-refractivity contribution in [3.63, 3.8) is 0 Å². The summed E-state index contributed by atoms with van der Waals surface area (Å²) in [5.41, 5.74) is 2.57. The zero-order valence-corrected chi connectivity index (χ0v) is 12.5. The molecule has 0 fully saturated rings. The summed E-state index contributed by atoms with van der Waals surface area (Å²) in [4.78, 5) is 0. The van der Waals surface area contributed by atoms with Gasteiger partial charge in [0.05, 0.1) is 8.07 Å². The smallest absolute Gasteiger partial charge is 0.0612 e. The molecule has 0 heterocycles. The van der Waals surface area contributed by atoms with E-state index in [1.165, 1.54) is 12.5 Å².